The number of anilines is 1. The van der Waals surface area contributed by atoms with Crippen molar-refractivity contribution >= 4 is 42.2 Å². The highest BCUT2D eigenvalue weighted by Gasteiger charge is 2.32. The van der Waals surface area contributed by atoms with E-state index in [4.69, 9.17) is 4.98 Å². The molecule has 1 aliphatic heterocycles. The second-order valence-corrected chi connectivity index (χ2v) is 10.9. The van der Waals surface area contributed by atoms with Gasteiger partial charge in [0.05, 0.1) is 15.8 Å². The lowest BCUT2D eigenvalue weighted by molar-refractivity contribution is 0.529. The average Bonchev–Trinajstić information content (AvgIpc) is 3.18. The highest BCUT2D eigenvalue weighted by molar-refractivity contribution is 9.10. The SMILES string of the molecule is O=S(=O)(c1ccc(Br)cc1)C1CCN(c2nc(Cc3ccccc3)cs2)CC1. The Kier molecular flexibility index (Phi) is 5.85. The molecule has 0 atom stereocenters. The molecule has 2 aromatic carbocycles. The Hall–Kier alpha value is -1.70. The van der Waals surface area contributed by atoms with Crippen molar-refractivity contribution in [3.63, 3.8) is 0 Å². The van der Waals surface area contributed by atoms with E-state index >= 15 is 0 Å². The monoisotopic (exact) mass is 476 g/mol. The third kappa shape index (κ3) is 4.31. The van der Waals surface area contributed by atoms with E-state index in [1.54, 1.807) is 35.6 Å². The molecule has 1 fully saturated rings. The molecule has 3 aromatic rings. The Morgan fingerprint density at radius 2 is 1.71 bits per heavy atom. The van der Waals surface area contributed by atoms with Gasteiger partial charge in [-0.1, -0.05) is 46.3 Å². The van der Waals surface area contributed by atoms with Crippen LogP contribution in [0, 0.1) is 0 Å². The summed E-state index contributed by atoms with van der Waals surface area (Å²) in [6, 6.07) is 17.2. The van der Waals surface area contributed by atoms with Crippen LogP contribution in [0.4, 0.5) is 5.13 Å². The Labute approximate surface area is 178 Å². The number of hydrogen-bond donors (Lipinski definition) is 0. The van der Waals surface area contributed by atoms with E-state index in [-0.39, 0.29) is 5.25 Å². The summed E-state index contributed by atoms with van der Waals surface area (Å²) in [5, 5.41) is 2.77. The number of piperidine rings is 1. The van der Waals surface area contributed by atoms with Crippen LogP contribution in [-0.2, 0) is 16.3 Å². The number of aromatic nitrogens is 1. The van der Waals surface area contributed by atoms with Crippen molar-refractivity contribution in [2.75, 3.05) is 18.0 Å². The maximum Gasteiger partial charge on any atom is 0.185 e. The third-order valence-corrected chi connectivity index (χ3v) is 8.82. The molecular formula is C21H21BrN2O2S2. The molecule has 146 valence electrons. The first kappa shape index (κ1) is 19.6. The van der Waals surface area contributed by atoms with Gasteiger partial charge >= 0.3 is 0 Å². The van der Waals surface area contributed by atoms with Crippen molar-refractivity contribution in [2.45, 2.75) is 29.4 Å². The normalized spacial score (nSPS) is 15.7. The van der Waals surface area contributed by atoms with Crippen LogP contribution in [-0.4, -0.2) is 31.7 Å². The lowest BCUT2D eigenvalue weighted by Crippen LogP contribution is -2.39. The zero-order chi connectivity index (χ0) is 19.6. The predicted octanol–water partition coefficient (Wildman–Crippen LogP) is 4.94. The molecular weight excluding hydrogens is 456 g/mol. The van der Waals surface area contributed by atoms with Crippen molar-refractivity contribution in [3.8, 4) is 0 Å². The molecule has 0 saturated carbocycles. The van der Waals surface area contributed by atoms with E-state index in [9.17, 15) is 8.42 Å². The minimum absolute atomic E-state index is 0.325. The van der Waals surface area contributed by atoms with Gasteiger partial charge in [0.15, 0.2) is 15.0 Å². The summed E-state index contributed by atoms with van der Waals surface area (Å²) in [5.41, 5.74) is 2.31. The van der Waals surface area contributed by atoms with Crippen molar-refractivity contribution in [1.29, 1.82) is 0 Å². The van der Waals surface area contributed by atoms with Crippen LogP contribution in [0.2, 0.25) is 0 Å². The highest BCUT2D eigenvalue weighted by atomic mass is 79.9. The minimum atomic E-state index is -3.28. The smallest absolute Gasteiger partial charge is 0.185 e. The van der Waals surface area contributed by atoms with Gasteiger partial charge in [0.25, 0.3) is 0 Å². The molecule has 4 nitrogen and oxygen atoms in total. The van der Waals surface area contributed by atoms with Gasteiger partial charge in [-0.15, -0.1) is 11.3 Å². The Balaban J connectivity index is 1.40. The number of halogens is 1. The fourth-order valence-corrected chi connectivity index (χ4v) is 6.38. The maximum atomic E-state index is 12.9. The Bertz CT molecular complexity index is 1030. The molecule has 1 saturated heterocycles. The Morgan fingerprint density at radius 3 is 2.39 bits per heavy atom. The summed E-state index contributed by atoms with van der Waals surface area (Å²) in [6.45, 7) is 1.44. The van der Waals surface area contributed by atoms with Gasteiger partial charge < -0.3 is 4.90 Å². The number of sulfone groups is 1. The zero-order valence-corrected chi connectivity index (χ0v) is 18.5. The molecule has 0 spiro atoms. The lowest BCUT2D eigenvalue weighted by atomic mass is 10.1. The first-order valence-electron chi connectivity index (χ1n) is 9.25. The summed E-state index contributed by atoms with van der Waals surface area (Å²) in [4.78, 5) is 7.40. The second-order valence-electron chi connectivity index (χ2n) is 6.97. The molecule has 0 N–H and O–H groups in total. The topological polar surface area (TPSA) is 50.3 Å². The van der Waals surface area contributed by atoms with Crippen LogP contribution in [0.25, 0.3) is 0 Å². The van der Waals surface area contributed by atoms with E-state index in [1.807, 2.05) is 18.2 Å². The van der Waals surface area contributed by atoms with Crippen LogP contribution in [0.5, 0.6) is 0 Å². The zero-order valence-electron chi connectivity index (χ0n) is 15.3. The standard InChI is InChI=1S/C21H21BrN2O2S2/c22-17-6-8-19(9-7-17)28(25,26)20-10-12-24(13-11-20)21-23-18(15-27-21)14-16-4-2-1-3-5-16/h1-9,15,20H,10-14H2. The van der Waals surface area contributed by atoms with Gasteiger partial charge in [-0.05, 0) is 42.7 Å². The number of nitrogens with zero attached hydrogens (tertiary/aromatic N) is 2. The molecule has 7 heteroatoms. The van der Waals surface area contributed by atoms with E-state index < -0.39 is 9.84 Å². The van der Waals surface area contributed by atoms with E-state index in [2.05, 4.69) is 38.3 Å². The number of rotatable bonds is 5. The lowest BCUT2D eigenvalue weighted by Gasteiger charge is -2.31. The van der Waals surface area contributed by atoms with Crippen molar-refractivity contribution in [3.05, 3.63) is 75.7 Å². The third-order valence-electron chi connectivity index (χ3n) is 5.06. The predicted molar refractivity (Wildman–Crippen MR) is 118 cm³/mol. The summed E-state index contributed by atoms with van der Waals surface area (Å²) in [6.07, 6.45) is 2.09. The summed E-state index contributed by atoms with van der Waals surface area (Å²) >= 11 is 5.00. The van der Waals surface area contributed by atoms with Crippen LogP contribution in [0.15, 0.2) is 69.3 Å². The molecule has 0 amide bonds. The molecule has 1 aliphatic rings. The van der Waals surface area contributed by atoms with Gasteiger partial charge in [0.1, 0.15) is 0 Å². The highest BCUT2D eigenvalue weighted by Crippen LogP contribution is 2.30. The molecule has 4 rings (SSSR count). The second kappa shape index (κ2) is 8.35. The summed E-state index contributed by atoms with van der Waals surface area (Å²) in [5.74, 6) is 0. The number of hydrogen-bond acceptors (Lipinski definition) is 5. The fraction of sp³-hybridized carbons (Fsp3) is 0.286. The van der Waals surface area contributed by atoms with Crippen molar-refractivity contribution in [2.24, 2.45) is 0 Å². The Morgan fingerprint density at radius 1 is 1.04 bits per heavy atom. The van der Waals surface area contributed by atoms with Gasteiger partial charge in [0.2, 0.25) is 0 Å². The van der Waals surface area contributed by atoms with Crippen LogP contribution < -0.4 is 4.90 Å². The largest absolute Gasteiger partial charge is 0.348 e. The van der Waals surface area contributed by atoms with Gasteiger partial charge in [-0.25, -0.2) is 13.4 Å². The van der Waals surface area contributed by atoms with E-state index in [1.165, 1.54) is 5.56 Å². The quantitative estimate of drug-likeness (QED) is 0.523. The molecule has 0 unspecified atom stereocenters. The molecule has 28 heavy (non-hydrogen) atoms. The van der Waals surface area contributed by atoms with Crippen LogP contribution in [0.1, 0.15) is 24.1 Å². The van der Waals surface area contributed by atoms with E-state index in [0.29, 0.717) is 17.7 Å². The van der Waals surface area contributed by atoms with Crippen LogP contribution >= 0.6 is 27.3 Å². The van der Waals surface area contributed by atoms with Crippen molar-refractivity contribution in [1.82, 2.24) is 4.98 Å². The molecule has 0 bridgehead atoms. The van der Waals surface area contributed by atoms with Gasteiger partial charge in [-0.2, -0.15) is 0 Å². The summed E-state index contributed by atoms with van der Waals surface area (Å²) < 4.78 is 26.7. The summed E-state index contributed by atoms with van der Waals surface area (Å²) in [7, 11) is -3.28. The van der Waals surface area contributed by atoms with Gasteiger partial charge in [-0.3, -0.25) is 0 Å². The number of benzene rings is 2. The average molecular weight is 477 g/mol. The molecule has 1 aromatic heterocycles. The van der Waals surface area contributed by atoms with E-state index in [0.717, 1.165) is 34.8 Å². The van der Waals surface area contributed by atoms with Gasteiger partial charge in [0, 0.05) is 29.4 Å². The molecule has 2 heterocycles. The van der Waals surface area contributed by atoms with Crippen molar-refractivity contribution < 1.29 is 8.42 Å². The molecule has 0 radical (unpaired) electrons. The first-order valence-corrected chi connectivity index (χ1v) is 12.5. The van der Waals surface area contributed by atoms with Crippen LogP contribution in [0.3, 0.4) is 0 Å². The minimum Gasteiger partial charge on any atom is -0.348 e. The molecule has 0 aliphatic carbocycles. The maximum absolute atomic E-state index is 12.9. The number of thiazole rings is 1. The fourth-order valence-electron chi connectivity index (χ4n) is 3.50. The first-order chi connectivity index (χ1) is 13.5.